The molecule has 1 fully saturated rings. The Morgan fingerprint density at radius 2 is 1.97 bits per heavy atom. The lowest BCUT2D eigenvalue weighted by atomic mass is 9.86. The highest BCUT2D eigenvalue weighted by molar-refractivity contribution is 5.93. The molecule has 0 unspecified atom stereocenters. The smallest absolute Gasteiger partial charge is 0.270 e. The predicted molar refractivity (Wildman–Crippen MR) is 131 cm³/mol. The zero-order valence-electron chi connectivity index (χ0n) is 20.5. The summed E-state index contributed by atoms with van der Waals surface area (Å²) in [5.74, 6) is 1.41. The molecule has 11 nitrogen and oxygen atoms in total. The summed E-state index contributed by atoms with van der Waals surface area (Å²) in [7, 11) is 1.60. The summed E-state index contributed by atoms with van der Waals surface area (Å²) < 4.78 is 7.02. The van der Waals surface area contributed by atoms with Crippen molar-refractivity contribution in [3.8, 4) is 17.3 Å². The topological polar surface area (TPSA) is 144 Å². The maximum atomic E-state index is 12.8. The molecule has 0 radical (unpaired) electrons. The molecule has 0 spiro atoms. The van der Waals surface area contributed by atoms with Gasteiger partial charge in [0, 0.05) is 19.1 Å². The van der Waals surface area contributed by atoms with E-state index in [1.165, 1.54) is 0 Å². The van der Waals surface area contributed by atoms with Crippen molar-refractivity contribution in [2.75, 3.05) is 13.7 Å². The molecule has 0 bridgehead atoms. The third kappa shape index (κ3) is 6.63. The number of rotatable bonds is 9. The van der Waals surface area contributed by atoms with E-state index in [2.05, 4.69) is 30.7 Å². The van der Waals surface area contributed by atoms with E-state index in [1.54, 1.807) is 31.1 Å². The average molecular weight is 494 g/mol. The van der Waals surface area contributed by atoms with Crippen LogP contribution in [-0.2, 0) is 17.9 Å². The van der Waals surface area contributed by atoms with Crippen LogP contribution in [0.5, 0.6) is 5.75 Å². The number of aryl methyl sites for hydroxylation is 1. The van der Waals surface area contributed by atoms with Crippen LogP contribution in [0.2, 0.25) is 0 Å². The summed E-state index contributed by atoms with van der Waals surface area (Å²) in [4.78, 5) is 37.3. The molecule has 190 valence electrons. The Morgan fingerprint density at radius 3 is 2.72 bits per heavy atom. The van der Waals surface area contributed by atoms with Gasteiger partial charge in [0.15, 0.2) is 5.82 Å². The van der Waals surface area contributed by atoms with E-state index < -0.39 is 6.61 Å². The SMILES string of the molecule is COc1cccc(CNC(=O)c2cc(-c3ncn(C[C@H]4CC[C@H](NC(=O)CO)CC4)n3)nc(C)n2)c1. The summed E-state index contributed by atoms with van der Waals surface area (Å²) in [5.41, 5.74) is 1.65. The lowest BCUT2D eigenvalue weighted by Crippen LogP contribution is -2.39. The Kier molecular flexibility index (Phi) is 8.21. The van der Waals surface area contributed by atoms with Crippen LogP contribution in [0.1, 0.15) is 47.6 Å². The summed E-state index contributed by atoms with van der Waals surface area (Å²) in [5, 5.41) is 19.2. The maximum absolute atomic E-state index is 12.8. The summed E-state index contributed by atoms with van der Waals surface area (Å²) in [6.45, 7) is 2.31. The van der Waals surface area contributed by atoms with Crippen LogP contribution >= 0.6 is 0 Å². The first-order chi connectivity index (χ1) is 17.4. The molecular weight excluding hydrogens is 462 g/mol. The number of benzene rings is 1. The van der Waals surface area contributed by atoms with Gasteiger partial charge in [-0.3, -0.25) is 14.3 Å². The molecule has 11 heteroatoms. The van der Waals surface area contributed by atoms with Crippen LogP contribution in [0.15, 0.2) is 36.7 Å². The molecule has 0 aliphatic heterocycles. The van der Waals surface area contributed by atoms with E-state index in [-0.39, 0.29) is 23.6 Å². The number of methoxy groups -OCH3 is 1. The second-order valence-electron chi connectivity index (χ2n) is 8.95. The maximum Gasteiger partial charge on any atom is 0.270 e. The molecule has 2 aromatic heterocycles. The van der Waals surface area contributed by atoms with Gasteiger partial charge in [0.05, 0.1) is 7.11 Å². The average Bonchev–Trinajstić information content (AvgIpc) is 3.36. The molecule has 4 rings (SSSR count). The first-order valence-corrected chi connectivity index (χ1v) is 12.0. The predicted octanol–water partition coefficient (Wildman–Crippen LogP) is 1.65. The van der Waals surface area contributed by atoms with Crippen molar-refractivity contribution >= 4 is 11.8 Å². The molecule has 0 saturated heterocycles. The highest BCUT2D eigenvalue weighted by Crippen LogP contribution is 2.26. The van der Waals surface area contributed by atoms with Gasteiger partial charge in [-0.2, -0.15) is 0 Å². The third-order valence-electron chi connectivity index (χ3n) is 6.22. The standard InChI is InChI=1S/C25H31N7O4/c1-16-28-21(11-22(29-16)25(35)26-12-18-4-3-5-20(10-18)36-2)24-27-15-32(31-24)13-17-6-8-19(9-7-17)30-23(34)14-33/h3-5,10-11,15,17,19,33H,6-9,12-14H2,1-2H3,(H,26,35)(H,30,34)/t17-,19-. The van der Waals surface area contributed by atoms with Crippen molar-refractivity contribution in [1.29, 1.82) is 0 Å². The fourth-order valence-corrected chi connectivity index (χ4v) is 4.38. The van der Waals surface area contributed by atoms with Gasteiger partial charge in [-0.05, 0) is 62.3 Å². The molecular formula is C25H31N7O4. The minimum absolute atomic E-state index is 0.115. The molecule has 2 amide bonds. The number of nitrogens with zero attached hydrogens (tertiary/aromatic N) is 5. The van der Waals surface area contributed by atoms with Gasteiger partial charge in [-0.15, -0.1) is 5.10 Å². The fraction of sp³-hybridized carbons (Fsp3) is 0.440. The lowest BCUT2D eigenvalue weighted by molar-refractivity contribution is -0.124. The van der Waals surface area contributed by atoms with Crippen LogP contribution < -0.4 is 15.4 Å². The fourth-order valence-electron chi connectivity index (χ4n) is 4.38. The Balaban J connectivity index is 1.36. The first kappa shape index (κ1) is 25.2. The monoisotopic (exact) mass is 493 g/mol. The van der Waals surface area contributed by atoms with Crippen molar-refractivity contribution < 1.29 is 19.4 Å². The van der Waals surface area contributed by atoms with Crippen LogP contribution in [-0.4, -0.2) is 61.4 Å². The molecule has 3 aromatic rings. The third-order valence-corrected chi connectivity index (χ3v) is 6.22. The number of hydrogen-bond acceptors (Lipinski definition) is 8. The van der Waals surface area contributed by atoms with E-state index in [0.29, 0.717) is 36.4 Å². The first-order valence-electron chi connectivity index (χ1n) is 12.0. The second kappa shape index (κ2) is 11.7. The molecule has 0 atom stereocenters. The highest BCUT2D eigenvalue weighted by Gasteiger charge is 2.23. The van der Waals surface area contributed by atoms with E-state index in [4.69, 9.17) is 9.84 Å². The number of nitrogens with one attached hydrogen (secondary N) is 2. The van der Waals surface area contributed by atoms with Crippen molar-refractivity contribution in [2.24, 2.45) is 5.92 Å². The normalized spacial score (nSPS) is 17.4. The Bertz CT molecular complexity index is 1200. The van der Waals surface area contributed by atoms with Crippen molar-refractivity contribution in [3.63, 3.8) is 0 Å². The molecule has 2 heterocycles. The van der Waals surface area contributed by atoms with Gasteiger partial charge in [0.25, 0.3) is 5.91 Å². The molecule has 1 aromatic carbocycles. The van der Waals surface area contributed by atoms with E-state index in [0.717, 1.165) is 37.0 Å². The van der Waals surface area contributed by atoms with Gasteiger partial charge in [-0.25, -0.2) is 15.0 Å². The van der Waals surface area contributed by atoms with Crippen LogP contribution in [0.4, 0.5) is 0 Å². The number of ether oxygens (including phenoxy) is 1. The number of carbonyl (C=O) groups excluding carboxylic acids is 2. The Morgan fingerprint density at radius 1 is 1.17 bits per heavy atom. The minimum atomic E-state index is -0.476. The second-order valence-corrected chi connectivity index (χ2v) is 8.95. The molecule has 1 aliphatic carbocycles. The number of aliphatic hydroxyl groups excluding tert-OH is 1. The molecule has 36 heavy (non-hydrogen) atoms. The number of hydrogen-bond donors (Lipinski definition) is 3. The molecule has 3 N–H and O–H groups in total. The lowest BCUT2D eigenvalue weighted by Gasteiger charge is -2.28. The minimum Gasteiger partial charge on any atom is -0.497 e. The molecule has 1 aliphatic rings. The van der Waals surface area contributed by atoms with Crippen molar-refractivity contribution in [3.05, 3.63) is 53.7 Å². The highest BCUT2D eigenvalue weighted by atomic mass is 16.5. The zero-order chi connectivity index (χ0) is 25.5. The van der Waals surface area contributed by atoms with Gasteiger partial charge < -0.3 is 20.5 Å². The van der Waals surface area contributed by atoms with Crippen LogP contribution in [0.25, 0.3) is 11.5 Å². The number of carbonyl (C=O) groups is 2. The largest absolute Gasteiger partial charge is 0.497 e. The van der Waals surface area contributed by atoms with Crippen molar-refractivity contribution in [2.45, 2.75) is 51.7 Å². The number of amides is 2. The van der Waals surface area contributed by atoms with Gasteiger partial charge >= 0.3 is 0 Å². The van der Waals surface area contributed by atoms with E-state index in [1.807, 2.05) is 24.3 Å². The zero-order valence-corrected chi connectivity index (χ0v) is 20.5. The van der Waals surface area contributed by atoms with Crippen LogP contribution in [0.3, 0.4) is 0 Å². The summed E-state index contributed by atoms with van der Waals surface area (Å²) in [6, 6.07) is 9.21. The quantitative estimate of drug-likeness (QED) is 0.408. The van der Waals surface area contributed by atoms with Crippen molar-refractivity contribution in [1.82, 2.24) is 35.4 Å². The number of aromatic nitrogens is 5. The Hall–Kier alpha value is -3.86. The van der Waals surface area contributed by atoms with Gasteiger partial charge in [0.2, 0.25) is 5.91 Å². The summed E-state index contributed by atoms with van der Waals surface area (Å²) in [6.07, 6.45) is 5.33. The van der Waals surface area contributed by atoms with Crippen LogP contribution in [0, 0.1) is 12.8 Å². The van der Waals surface area contributed by atoms with E-state index >= 15 is 0 Å². The van der Waals surface area contributed by atoms with Gasteiger partial charge in [-0.1, -0.05) is 12.1 Å². The molecule has 1 saturated carbocycles. The number of aliphatic hydroxyl groups is 1. The van der Waals surface area contributed by atoms with Gasteiger partial charge in [0.1, 0.15) is 35.9 Å². The van der Waals surface area contributed by atoms with E-state index in [9.17, 15) is 9.59 Å². The summed E-state index contributed by atoms with van der Waals surface area (Å²) >= 11 is 0. The Labute approximate surface area is 209 Å².